The molecule has 3 aromatic carbocycles. The first kappa shape index (κ1) is 24.7. The van der Waals surface area contributed by atoms with E-state index in [-0.39, 0.29) is 0 Å². The molecular formula is C34H21F3N4. The molecule has 7 rings (SSSR count). The lowest BCUT2D eigenvalue weighted by Gasteiger charge is -2.13. The van der Waals surface area contributed by atoms with Crippen LogP contribution in [0, 0.1) is 0 Å². The Bertz CT molecular complexity index is 1980. The van der Waals surface area contributed by atoms with Gasteiger partial charge in [-0.1, -0.05) is 48.5 Å². The molecule has 0 atom stereocenters. The zero-order valence-corrected chi connectivity index (χ0v) is 21.5. The number of benzene rings is 3. The first-order valence-electron chi connectivity index (χ1n) is 13.0. The Morgan fingerprint density at radius 3 is 2.10 bits per heavy atom. The van der Waals surface area contributed by atoms with Gasteiger partial charge in [0.15, 0.2) is 0 Å². The third-order valence-corrected chi connectivity index (χ3v) is 7.13. The molecule has 0 N–H and O–H groups in total. The number of fused-ring (bicyclic) bond motifs is 3. The lowest BCUT2D eigenvalue weighted by atomic mass is 10.00. The van der Waals surface area contributed by atoms with Crippen molar-refractivity contribution in [2.75, 3.05) is 0 Å². The number of hydrogen-bond donors (Lipinski definition) is 0. The minimum absolute atomic E-state index is 0.556. The smallest absolute Gasteiger partial charge is 0.294 e. The van der Waals surface area contributed by atoms with Gasteiger partial charge in [-0.2, -0.15) is 13.2 Å². The average Bonchev–Trinajstić information content (AvgIpc) is 3.35. The van der Waals surface area contributed by atoms with E-state index >= 15 is 0 Å². The Labute approximate surface area is 233 Å². The second-order valence-corrected chi connectivity index (χ2v) is 9.69. The van der Waals surface area contributed by atoms with Crippen LogP contribution >= 0.6 is 0 Å². The second kappa shape index (κ2) is 9.71. The van der Waals surface area contributed by atoms with Gasteiger partial charge in [-0.3, -0.25) is 9.55 Å². The van der Waals surface area contributed by atoms with Gasteiger partial charge in [0.2, 0.25) is 0 Å². The quantitative estimate of drug-likeness (QED) is 0.223. The average molecular weight is 543 g/mol. The number of halogens is 3. The van der Waals surface area contributed by atoms with Crippen molar-refractivity contribution in [2.24, 2.45) is 0 Å². The summed E-state index contributed by atoms with van der Waals surface area (Å²) in [5.41, 5.74) is 6.39. The largest absolute Gasteiger partial charge is 0.416 e. The van der Waals surface area contributed by atoms with Crippen LogP contribution in [0.4, 0.5) is 13.2 Å². The lowest BCUT2D eigenvalue weighted by Crippen LogP contribution is -2.04. The maximum atomic E-state index is 13.2. The van der Waals surface area contributed by atoms with Gasteiger partial charge in [-0.15, -0.1) is 0 Å². The van der Waals surface area contributed by atoms with Crippen molar-refractivity contribution in [3.8, 4) is 39.5 Å². The molecule has 4 heterocycles. The van der Waals surface area contributed by atoms with Crippen LogP contribution in [-0.4, -0.2) is 19.5 Å². The summed E-state index contributed by atoms with van der Waals surface area (Å²) in [6, 6.07) is 34.9. The first-order chi connectivity index (χ1) is 20.0. The van der Waals surface area contributed by atoms with E-state index in [4.69, 9.17) is 9.97 Å². The lowest BCUT2D eigenvalue weighted by molar-refractivity contribution is -0.137. The predicted octanol–water partition coefficient (Wildman–Crippen LogP) is 8.99. The monoisotopic (exact) mass is 542 g/mol. The van der Waals surface area contributed by atoms with E-state index in [1.165, 1.54) is 12.1 Å². The summed E-state index contributed by atoms with van der Waals surface area (Å²) >= 11 is 0. The fourth-order valence-corrected chi connectivity index (χ4v) is 5.20. The van der Waals surface area contributed by atoms with E-state index in [2.05, 4.69) is 33.8 Å². The minimum Gasteiger partial charge on any atom is -0.294 e. The van der Waals surface area contributed by atoms with Gasteiger partial charge in [-0.25, -0.2) is 9.97 Å². The van der Waals surface area contributed by atoms with E-state index in [0.29, 0.717) is 22.6 Å². The zero-order valence-electron chi connectivity index (χ0n) is 21.5. The Hall–Kier alpha value is -5.30. The number of alkyl halides is 3. The van der Waals surface area contributed by atoms with E-state index < -0.39 is 11.7 Å². The highest BCUT2D eigenvalue weighted by Crippen LogP contribution is 2.35. The summed E-state index contributed by atoms with van der Waals surface area (Å²) in [5, 5.41) is 2.19. The van der Waals surface area contributed by atoms with E-state index in [1.807, 2.05) is 66.7 Å². The topological polar surface area (TPSA) is 43.6 Å². The number of nitrogens with zero attached hydrogens (tertiary/aromatic N) is 4. The van der Waals surface area contributed by atoms with Crippen molar-refractivity contribution in [1.29, 1.82) is 0 Å². The summed E-state index contributed by atoms with van der Waals surface area (Å²) in [5.74, 6) is 0. The van der Waals surface area contributed by atoms with Gasteiger partial charge >= 0.3 is 6.18 Å². The standard InChI is InChI=1S/C34H21F3N4/c35-34(36,37)25-15-13-22(14-16-25)30-20-24(21-31(40-30)29-11-3-4-17-38-29)23-7-5-8-26(19-23)41-32-12-2-1-9-27(32)28-10-6-18-39-33(28)41/h1-21H. The fourth-order valence-electron chi connectivity index (χ4n) is 5.20. The molecule has 0 spiro atoms. The number of pyridine rings is 3. The van der Waals surface area contributed by atoms with Gasteiger partial charge in [-0.05, 0) is 77.9 Å². The molecule has 4 nitrogen and oxygen atoms in total. The van der Waals surface area contributed by atoms with Crippen molar-refractivity contribution in [2.45, 2.75) is 6.18 Å². The molecule has 0 aliphatic carbocycles. The molecule has 0 amide bonds. The van der Waals surface area contributed by atoms with Crippen LogP contribution in [0.25, 0.3) is 61.4 Å². The Kier molecular flexibility index (Phi) is 5.86. The van der Waals surface area contributed by atoms with Crippen LogP contribution in [-0.2, 0) is 6.18 Å². The maximum absolute atomic E-state index is 13.2. The molecule has 0 radical (unpaired) electrons. The van der Waals surface area contributed by atoms with Gasteiger partial charge in [0.25, 0.3) is 0 Å². The van der Waals surface area contributed by atoms with Crippen molar-refractivity contribution >= 4 is 21.9 Å². The zero-order chi connectivity index (χ0) is 28.0. The molecule has 7 heteroatoms. The molecule has 0 aliphatic heterocycles. The van der Waals surface area contributed by atoms with Gasteiger partial charge < -0.3 is 0 Å². The number of hydrogen-bond acceptors (Lipinski definition) is 3. The minimum atomic E-state index is -4.41. The van der Waals surface area contributed by atoms with Crippen LogP contribution in [0.15, 0.2) is 128 Å². The van der Waals surface area contributed by atoms with E-state index in [0.717, 1.165) is 50.9 Å². The Morgan fingerprint density at radius 1 is 0.537 bits per heavy atom. The molecule has 0 aliphatic rings. The highest BCUT2D eigenvalue weighted by Gasteiger charge is 2.30. The highest BCUT2D eigenvalue weighted by atomic mass is 19.4. The van der Waals surface area contributed by atoms with Crippen molar-refractivity contribution < 1.29 is 13.2 Å². The van der Waals surface area contributed by atoms with Crippen molar-refractivity contribution in [3.05, 3.63) is 133 Å². The van der Waals surface area contributed by atoms with Crippen LogP contribution in [0.1, 0.15) is 5.56 Å². The fraction of sp³-hybridized carbons (Fsp3) is 0.0294. The number of para-hydroxylation sites is 1. The molecular weight excluding hydrogens is 521 g/mol. The molecule has 0 fully saturated rings. The van der Waals surface area contributed by atoms with Crippen LogP contribution in [0.3, 0.4) is 0 Å². The SMILES string of the molecule is FC(F)(F)c1ccc(-c2cc(-c3cccc(-n4c5ccccc5c5cccnc54)c3)cc(-c3ccccn3)n2)cc1. The molecule has 4 aromatic heterocycles. The number of aromatic nitrogens is 4. The molecule has 198 valence electrons. The first-order valence-corrected chi connectivity index (χ1v) is 13.0. The van der Waals surface area contributed by atoms with Crippen LogP contribution in [0.2, 0.25) is 0 Å². The van der Waals surface area contributed by atoms with Crippen LogP contribution < -0.4 is 0 Å². The molecule has 0 saturated heterocycles. The Morgan fingerprint density at radius 2 is 1.29 bits per heavy atom. The molecule has 0 unspecified atom stereocenters. The predicted molar refractivity (Wildman–Crippen MR) is 155 cm³/mol. The third-order valence-electron chi connectivity index (χ3n) is 7.13. The van der Waals surface area contributed by atoms with Gasteiger partial charge in [0.1, 0.15) is 5.65 Å². The van der Waals surface area contributed by atoms with Crippen LogP contribution in [0.5, 0.6) is 0 Å². The summed E-state index contributed by atoms with van der Waals surface area (Å²) in [7, 11) is 0. The third kappa shape index (κ3) is 4.51. The summed E-state index contributed by atoms with van der Waals surface area (Å²) in [6.07, 6.45) is -0.924. The summed E-state index contributed by atoms with van der Waals surface area (Å²) in [6.45, 7) is 0. The number of rotatable bonds is 4. The Balaban J connectivity index is 1.40. The van der Waals surface area contributed by atoms with E-state index in [1.54, 1.807) is 12.4 Å². The highest BCUT2D eigenvalue weighted by molar-refractivity contribution is 6.07. The summed E-state index contributed by atoms with van der Waals surface area (Å²) in [4.78, 5) is 13.9. The van der Waals surface area contributed by atoms with Gasteiger partial charge in [0.05, 0.1) is 28.2 Å². The van der Waals surface area contributed by atoms with Crippen molar-refractivity contribution in [1.82, 2.24) is 19.5 Å². The van der Waals surface area contributed by atoms with E-state index in [9.17, 15) is 13.2 Å². The van der Waals surface area contributed by atoms with Gasteiger partial charge in [0, 0.05) is 34.4 Å². The summed E-state index contributed by atoms with van der Waals surface area (Å²) < 4.78 is 41.8. The molecule has 0 saturated carbocycles. The molecule has 41 heavy (non-hydrogen) atoms. The molecule has 7 aromatic rings. The maximum Gasteiger partial charge on any atom is 0.416 e. The normalized spacial score (nSPS) is 11.8. The molecule has 0 bridgehead atoms. The second-order valence-electron chi connectivity index (χ2n) is 9.69. The van der Waals surface area contributed by atoms with Crippen molar-refractivity contribution in [3.63, 3.8) is 0 Å².